The van der Waals surface area contributed by atoms with E-state index in [0.717, 1.165) is 11.3 Å². The number of rotatable bonds is 5. The van der Waals surface area contributed by atoms with E-state index in [1.165, 1.54) is 6.20 Å². The number of aliphatic hydroxyl groups is 1. The Hall–Kier alpha value is -3.96. The second-order valence-electron chi connectivity index (χ2n) is 10.9. The van der Waals surface area contributed by atoms with Crippen LogP contribution in [0, 0.1) is 11.8 Å². The van der Waals surface area contributed by atoms with E-state index in [9.17, 15) is 14.7 Å². The number of fused-ring (bicyclic) bond motifs is 1. The van der Waals surface area contributed by atoms with Gasteiger partial charge in [-0.1, -0.05) is 36.1 Å². The molecule has 3 aromatic rings. The van der Waals surface area contributed by atoms with Gasteiger partial charge in [0, 0.05) is 23.5 Å². The van der Waals surface area contributed by atoms with Crippen molar-refractivity contribution >= 4 is 41.0 Å². The third-order valence-corrected chi connectivity index (χ3v) is 5.98. The Morgan fingerprint density at radius 1 is 1.11 bits per heavy atom. The largest absolute Gasteiger partial charge is 0.457 e. The fraction of sp³-hybridized carbons (Fsp3) is 0.250. The molecule has 2 N–H and O–H groups in total. The van der Waals surface area contributed by atoms with E-state index < -0.39 is 22.8 Å². The zero-order valence-electron chi connectivity index (χ0n) is 22.4. The summed E-state index contributed by atoms with van der Waals surface area (Å²) in [5, 5.41) is 12.3. The van der Waals surface area contributed by atoms with Gasteiger partial charge in [-0.3, -0.25) is 14.6 Å². The molecule has 1 unspecified atom stereocenters. The van der Waals surface area contributed by atoms with Crippen molar-refractivity contribution in [1.82, 2.24) is 10.3 Å². The van der Waals surface area contributed by atoms with Gasteiger partial charge in [-0.05, 0) is 67.8 Å². The van der Waals surface area contributed by atoms with Crippen LogP contribution in [0.5, 0.6) is 11.5 Å². The van der Waals surface area contributed by atoms with Crippen molar-refractivity contribution in [3.63, 3.8) is 0 Å². The lowest BCUT2D eigenvalue weighted by atomic mass is 9.48. The number of nitrogens with zero attached hydrogens (tertiary/aromatic N) is 2. The number of benzene rings is 2. The zero-order valence-corrected chi connectivity index (χ0v) is 22.4. The predicted molar refractivity (Wildman–Crippen MR) is 156 cm³/mol. The van der Waals surface area contributed by atoms with Gasteiger partial charge in [0.1, 0.15) is 52.4 Å². The second-order valence-corrected chi connectivity index (χ2v) is 10.9. The van der Waals surface area contributed by atoms with Crippen LogP contribution in [0.4, 0.5) is 5.69 Å². The van der Waals surface area contributed by atoms with Crippen LogP contribution in [0.2, 0.25) is 0 Å². The smallest absolute Gasteiger partial charge is 0.270 e. The Labute approximate surface area is 226 Å². The maximum absolute atomic E-state index is 13.8. The third kappa shape index (κ3) is 6.67. The summed E-state index contributed by atoms with van der Waals surface area (Å²) in [6.45, 7) is 3.25. The quantitative estimate of drug-likeness (QED) is 0.392. The molecule has 0 saturated carbocycles. The summed E-state index contributed by atoms with van der Waals surface area (Å²) < 4.78 is 5.83. The lowest BCUT2D eigenvalue weighted by Crippen LogP contribution is -2.59. The van der Waals surface area contributed by atoms with Crippen LogP contribution < -0.4 is 15.0 Å². The van der Waals surface area contributed by atoms with E-state index in [4.69, 9.17) is 4.74 Å². The number of aromatic nitrogens is 1. The highest BCUT2D eigenvalue weighted by Crippen LogP contribution is 2.31. The monoisotopic (exact) mass is 505 g/mol. The van der Waals surface area contributed by atoms with Gasteiger partial charge in [0.05, 0.1) is 0 Å². The van der Waals surface area contributed by atoms with Crippen LogP contribution in [0.3, 0.4) is 0 Å². The van der Waals surface area contributed by atoms with Crippen LogP contribution in [0.1, 0.15) is 41.9 Å². The zero-order chi connectivity index (χ0) is 27.5. The molecule has 38 heavy (non-hydrogen) atoms. The molecule has 190 valence electrons. The van der Waals surface area contributed by atoms with Crippen molar-refractivity contribution in [2.75, 3.05) is 4.90 Å². The Balaban J connectivity index is 1.58. The molecule has 1 atom stereocenters. The van der Waals surface area contributed by atoms with Gasteiger partial charge in [0.25, 0.3) is 5.91 Å². The summed E-state index contributed by atoms with van der Waals surface area (Å²) in [6, 6.07) is 17.5. The van der Waals surface area contributed by atoms with Gasteiger partial charge in [-0.25, -0.2) is 0 Å². The molecule has 0 spiro atoms. The first-order valence-corrected chi connectivity index (χ1v) is 12.6. The SMILES string of the molecule is BC(B)(B)N1C(=O)C(NC(=O)c2cc(Oc3ccccc3)ccn2)CCc2ccc(C#CC(C)(C)O)cc21. The maximum Gasteiger partial charge on any atom is 0.270 e. The van der Waals surface area contributed by atoms with E-state index in [2.05, 4.69) is 22.1 Å². The molecule has 0 saturated heterocycles. The summed E-state index contributed by atoms with van der Waals surface area (Å²) >= 11 is 0. The number of carbonyl (C=O) groups excluding carboxylic acids is 2. The third-order valence-electron chi connectivity index (χ3n) is 5.98. The minimum absolute atomic E-state index is 0.166. The highest BCUT2D eigenvalue weighted by Gasteiger charge is 2.37. The van der Waals surface area contributed by atoms with Crippen molar-refractivity contribution in [3.8, 4) is 23.3 Å². The number of hydrogen-bond acceptors (Lipinski definition) is 5. The first-order valence-electron chi connectivity index (χ1n) is 12.6. The highest BCUT2D eigenvalue weighted by molar-refractivity contribution is 6.62. The van der Waals surface area contributed by atoms with Gasteiger partial charge < -0.3 is 20.1 Å². The molecule has 1 aliphatic rings. The molecule has 10 heteroatoms. The minimum Gasteiger partial charge on any atom is -0.457 e. The molecule has 2 heterocycles. The Kier molecular flexibility index (Phi) is 7.70. The topological polar surface area (TPSA) is 91.8 Å². The molecule has 4 rings (SSSR count). The predicted octanol–water partition coefficient (Wildman–Crippen LogP) is 0.585. The van der Waals surface area contributed by atoms with Gasteiger partial charge in [0.15, 0.2) is 0 Å². The van der Waals surface area contributed by atoms with Crippen molar-refractivity contribution in [2.24, 2.45) is 0 Å². The molecule has 7 nitrogen and oxygen atoms in total. The summed E-state index contributed by atoms with van der Waals surface area (Å²) in [5.74, 6) is 6.31. The van der Waals surface area contributed by atoms with E-state index in [0.29, 0.717) is 29.9 Å². The lowest BCUT2D eigenvalue weighted by molar-refractivity contribution is -0.120. The number of para-hydroxylation sites is 1. The molecule has 0 radical (unpaired) electrons. The number of aryl methyl sites for hydroxylation is 1. The summed E-state index contributed by atoms with van der Waals surface area (Å²) in [7, 11) is 5.88. The maximum atomic E-state index is 13.8. The van der Waals surface area contributed by atoms with Crippen LogP contribution in [-0.2, 0) is 11.2 Å². The van der Waals surface area contributed by atoms with Crippen molar-refractivity contribution in [2.45, 2.75) is 43.6 Å². The van der Waals surface area contributed by atoms with Crippen molar-refractivity contribution in [1.29, 1.82) is 0 Å². The van der Waals surface area contributed by atoms with Crippen molar-refractivity contribution in [3.05, 3.63) is 83.7 Å². The molecule has 0 fully saturated rings. The van der Waals surface area contributed by atoms with Gasteiger partial charge >= 0.3 is 0 Å². The Bertz CT molecular complexity index is 1410. The van der Waals surface area contributed by atoms with E-state index in [1.807, 2.05) is 72.1 Å². The molecule has 0 bridgehead atoms. The Morgan fingerprint density at radius 3 is 2.53 bits per heavy atom. The van der Waals surface area contributed by atoms with Crippen molar-refractivity contribution < 1.29 is 19.4 Å². The van der Waals surface area contributed by atoms with Crippen LogP contribution >= 0.6 is 0 Å². The van der Waals surface area contributed by atoms with Gasteiger partial charge in [-0.15, -0.1) is 0 Å². The standard InChI is InChI=1S/C28H30B3N3O4/c1-27(2,37)14-12-18-8-9-19-10-11-22(26(36)34(24(19)16-18)28(29,30)31)33-25(35)23-17-21(13-15-32-23)38-20-6-4-3-5-7-20/h3-9,13,15-17,22,37H,10-11,29-31H2,1-2H3,(H,33,35). The number of anilines is 1. The second kappa shape index (κ2) is 10.8. The van der Waals surface area contributed by atoms with Gasteiger partial charge in [-0.2, -0.15) is 0 Å². The van der Waals surface area contributed by atoms with Crippen LogP contribution in [0.25, 0.3) is 0 Å². The first-order chi connectivity index (χ1) is 17.9. The normalized spacial score (nSPS) is 15.5. The van der Waals surface area contributed by atoms with E-state index in [1.54, 1.807) is 30.9 Å². The molecular weight excluding hydrogens is 475 g/mol. The number of nitrogens with one attached hydrogen (secondary N) is 1. The highest BCUT2D eigenvalue weighted by atomic mass is 16.5. The minimum atomic E-state index is -1.13. The number of ether oxygens (including phenoxy) is 1. The molecule has 1 aliphatic heterocycles. The number of amides is 2. The molecule has 1 aromatic heterocycles. The fourth-order valence-corrected chi connectivity index (χ4v) is 4.27. The molecule has 0 aliphatic carbocycles. The molecule has 2 amide bonds. The number of hydrogen-bond donors (Lipinski definition) is 2. The lowest BCUT2D eigenvalue weighted by Gasteiger charge is -2.38. The number of carbonyl (C=O) groups is 2. The fourth-order valence-electron chi connectivity index (χ4n) is 4.27. The summed E-state index contributed by atoms with van der Waals surface area (Å²) in [6.07, 6.45) is 2.55. The van der Waals surface area contributed by atoms with Crippen LogP contribution in [0.15, 0.2) is 66.9 Å². The molecular formula is C28H30B3N3O4. The first kappa shape index (κ1) is 27.1. The number of pyridine rings is 1. The average molecular weight is 505 g/mol. The summed E-state index contributed by atoms with van der Waals surface area (Å²) in [5.41, 5.74) is 1.50. The van der Waals surface area contributed by atoms with Crippen LogP contribution in [-0.4, -0.2) is 62.3 Å². The molecule has 2 aromatic carbocycles. The average Bonchev–Trinajstić information content (AvgIpc) is 2.99. The summed E-state index contributed by atoms with van der Waals surface area (Å²) in [4.78, 5) is 33.0. The van der Waals surface area contributed by atoms with E-state index in [-0.39, 0.29) is 11.6 Å². The van der Waals surface area contributed by atoms with E-state index >= 15 is 0 Å². The van der Waals surface area contributed by atoms with Gasteiger partial charge in [0.2, 0.25) is 5.91 Å². The Morgan fingerprint density at radius 2 is 1.84 bits per heavy atom.